The van der Waals surface area contributed by atoms with E-state index in [1.807, 2.05) is 0 Å². The van der Waals surface area contributed by atoms with Crippen LogP contribution in [0.25, 0.3) is 0 Å². The van der Waals surface area contributed by atoms with Crippen LogP contribution in [-0.4, -0.2) is 159 Å². The van der Waals surface area contributed by atoms with Crippen LogP contribution in [0.5, 0.6) is 0 Å². The molecule has 49 heavy (non-hydrogen) atoms. The van der Waals surface area contributed by atoms with E-state index in [9.17, 15) is 52.3 Å². The van der Waals surface area contributed by atoms with E-state index >= 15 is 0 Å². The van der Waals surface area contributed by atoms with E-state index in [1.54, 1.807) is 0 Å². The van der Waals surface area contributed by atoms with Crippen LogP contribution in [0, 0.1) is 17.8 Å². The number of carboxylic acids is 1. The smallest absolute Gasteiger partial charge is 0.862 e. The normalized spacial score (nSPS) is 36.2. The first-order valence-corrected chi connectivity index (χ1v) is 16.4. The summed E-state index contributed by atoms with van der Waals surface area (Å²) in [4.78, 5) is 21.3. The summed E-state index contributed by atoms with van der Waals surface area (Å²) in [7, 11) is -8.83. The number of aliphatic hydroxyl groups is 3. The molecule has 0 aromatic carbocycles. The number of methoxy groups -OCH3 is 1. The number of carboxylic acid groups (broad SMARTS) is 1. The van der Waals surface area contributed by atoms with E-state index in [2.05, 4.69) is 18.4 Å². The molecule has 26 heteroatoms. The van der Waals surface area contributed by atoms with Gasteiger partial charge in [-0.2, -0.15) is 16.8 Å². The van der Waals surface area contributed by atoms with Crippen LogP contribution in [-0.2, 0) is 48.2 Å². The standard InChI is InChI=1S/C23H39N3O18S2.3Na/c1-9(27)24-16-20(31)19(30)15(8-42-46(37,38)39)43-21(16)11-4-26(5-12(11)22(32)33)6-13-14(7-41-45(34,35)36)44-23(40-3)17(18(13)29)25-10(2)28;;;/h11-21,23,29-31H,4-8H2,1-3H3,(H,24,27)(H,25,28)(H,32,33)(H,34,35,36)(H,37,38,39);;;/q;3*+1/p-3/t11-,12-,13+,14+,15+,16+,17+,18-,19+,20+,21+,23-;;;/m0.../s1. The topological polar surface area (TPSA) is 330 Å². The largest absolute Gasteiger partial charge is 1.00 e. The molecule has 0 aromatic heterocycles. The molecule has 0 aromatic rings. The van der Waals surface area contributed by atoms with Gasteiger partial charge in [0.15, 0.2) is 6.29 Å². The van der Waals surface area contributed by atoms with Gasteiger partial charge in [0.1, 0.15) is 30.4 Å². The zero-order valence-electron chi connectivity index (χ0n) is 27.7. The predicted molar refractivity (Wildman–Crippen MR) is 143 cm³/mol. The Morgan fingerprint density at radius 1 is 0.816 bits per heavy atom. The maximum absolute atomic E-state index is 12.3. The van der Waals surface area contributed by atoms with Crippen LogP contribution >= 0.6 is 0 Å². The van der Waals surface area contributed by atoms with E-state index in [-0.39, 0.29) is 108 Å². The fraction of sp³-hybridized carbons (Fsp3) is 0.870. The van der Waals surface area contributed by atoms with Crippen molar-refractivity contribution in [3.8, 4) is 0 Å². The van der Waals surface area contributed by atoms with Gasteiger partial charge in [0, 0.05) is 50.5 Å². The molecule has 0 radical (unpaired) electrons. The molecule has 3 rings (SSSR count). The average molecular weight is 776 g/mol. The molecule has 3 saturated heterocycles. The van der Waals surface area contributed by atoms with Crippen molar-refractivity contribution in [1.29, 1.82) is 0 Å². The van der Waals surface area contributed by atoms with Gasteiger partial charge in [-0.25, -0.2) is 8.37 Å². The Kier molecular flexibility index (Phi) is 21.5. The quantitative estimate of drug-likeness (QED) is 0.0502. The van der Waals surface area contributed by atoms with E-state index in [0.717, 1.165) is 13.8 Å². The molecule has 0 amide bonds. The molecule has 0 unspecified atom stereocenters. The second-order valence-electron chi connectivity index (χ2n) is 11.1. The summed E-state index contributed by atoms with van der Waals surface area (Å²) < 4.78 is 88.2. The number of aliphatic carboxylic acids is 1. The van der Waals surface area contributed by atoms with Crippen molar-refractivity contribution >= 4 is 38.6 Å². The number of hydrogen-bond acceptors (Lipinski definition) is 19. The minimum absolute atomic E-state index is 0. The summed E-state index contributed by atoms with van der Waals surface area (Å²) in [5.41, 5.74) is 0. The number of hydrogen-bond donors (Lipinski definition) is 5. The Bertz CT molecular complexity index is 1350. The van der Waals surface area contributed by atoms with E-state index < -0.39 is 125 Å². The van der Waals surface area contributed by atoms with Crippen LogP contribution in [0.15, 0.2) is 9.98 Å². The first kappa shape index (κ1) is 49.9. The monoisotopic (exact) mass is 775 g/mol. The van der Waals surface area contributed by atoms with Gasteiger partial charge in [0.25, 0.3) is 0 Å². The van der Waals surface area contributed by atoms with Crippen molar-refractivity contribution in [2.45, 2.75) is 68.8 Å². The summed E-state index contributed by atoms with van der Waals surface area (Å²) in [5.74, 6) is -6.89. The predicted octanol–water partition coefficient (Wildman–Crippen LogP) is -15.9. The third kappa shape index (κ3) is 14.2. The van der Waals surface area contributed by atoms with Crippen molar-refractivity contribution in [2.24, 2.45) is 27.7 Å². The van der Waals surface area contributed by atoms with E-state index in [1.165, 1.54) is 12.0 Å². The molecule has 3 aliphatic rings. The number of nitrogens with zero attached hydrogens (tertiary/aromatic N) is 3. The number of aliphatic imine (C=N–C) groups is 2. The van der Waals surface area contributed by atoms with E-state index in [4.69, 9.17) is 23.3 Å². The van der Waals surface area contributed by atoms with Gasteiger partial charge in [-0.05, 0) is 25.6 Å². The van der Waals surface area contributed by atoms with Crippen LogP contribution in [0.4, 0.5) is 0 Å². The molecule has 21 nitrogen and oxygen atoms in total. The summed E-state index contributed by atoms with van der Waals surface area (Å²) in [6.07, 6.45) is -11.1. The van der Waals surface area contributed by atoms with Crippen LogP contribution in [0.1, 0.15) is 13.8 Å². The first-order chi connectivity index (χ1) is 21.2. The minimum atomic E-state index is -5.02. The number of carbonyl (C=O) groups excluding carboxylic acids is 1. The van der Waals surface area contributed by atoms with Crippen molar-refractivity contribution in [1.82, 2.24) is 4.90 Å². The summed E-state index contributed by atoms with van der Waals surface area (Å²) in [6, 6.07) is -2.87. The number of likely N-dealkylation sites (tertiary alicyclic amines) is 1. The Morgan fingerprint density at radius 2 is 1.33 bits per heavy atom. The van der Waals surface area contributed by atoms with Gasteiger partial charge in [0.2, 0.25) is 0 Å². The molecule has 0 bridgehead atoms. The van der Waals surface area contributed by atoms with Gasteiger partial charge in [-0.3, -0.25) is 19.1 Å². The molecule has 266 valence electrons. The molecule has 0 aliphatic carbocycles. The number of carbonyl (C=O) groups is 1. The Hall–Kier alpha value is 0.870. The van der Waals surface area contributed by atoms with Crippen molar-refractivity contribution in [3.63, 3.8) is 0 Å². The van der Waals surface area contributed by atoms with Crippen LogP contribution in [0.3, 0.4) is 0 Å². The third-order valence-corrected chi connectivity index (χ3v) is 8.76. The Balaban J connectivity index is 0.00000768. The zero-order valence-corrected chi connectivity index (χ0v) is 35.3. The Morgan fingerprint density at radius 3 is 1.80 bits per heavy atom. The zero-order chi connectivity index (χ0) is 34.7. The van der Waals surface area contributed by atoms with Crippen molar-refractivity contribution in [3.05, 3.63) is 0 Å². The molecular formula is C23H36N3Na3O18S2. The number of rotatable bonds is 13. The molecule has 3 aliphatic heterocycles. The van der Waals surface area contributed by atoms with Crippen LogP contribution in [0.2, 0.25) is 0 Å². The molecule has 0 saturated carbocycles. The van der Waals surface area contributed by atoms with Gasteiger partial charge in [-0.1, -0.05) is 0 Å². The third-order valence-electron chi connectivity index (χ3n) is 7.89. The second kappa shape index (κ2) is 21.1. The van der Waals surface area contributed by atoms with Crippen molar-refractivity contribution in [2.75, 3.05) is 40.0 Å². The van der Waals surface area contributed by atoms with Gasteiger partial charge in [0.05, 0.1) is 31.5 Å². The van der Waals surface area contributed by atoms with Crippen molar-refractivity contribution < 1.29 is 173 Å². The average Bonchev–Trinajstić information content (AvgIpc) is 3.35. The summed E-state index contributed by atoms with van der Waals surface area (Å²) in [6.45, 7) is -0.543. The molecule has 12 atom stereocenters. The minimum Gasteiger partial charge on any atom is -0.862 e. The SMILES string of the molecule is CO[C@H]1O[C@H](COS(=O)(=O)O)[C@@H](CN2C[C@H]([C@H]3O[C@H](COS(=O)(=O)O)[C@@H](O)[C@H](O)[C@H]3N=C(C)[O-])[C@@H](C(=O)[O-])C2)[C@H](O)[C@H]1N=C(C)[O-].[Na+].[Na+].[Na+]. The fourth-order valence-electron chi connectivity index (χ4n) is 6.00. The van der Waals surface area contributed by atoms with Gasteiger partial charge < -0.3 is 54.5 Å². The summed E-state index contributed by atoms with van der Waals surface area (Å²) in [5, 5.41) is 68.6. The summed E-state index contributed by atoms with van der Waals surface area (Å²) >= 11 is 0. The first-order valence-electron chi connectivity index (χ1n) is 13.7. The van der Waals surface area contributed by atoms with Gasteiger partial charge >= 0.3 is 109 Å². The van der Waals surface area contributed by atoms with E-state index in [0.29, 0.717) is 0 Å². The molecule has 3 fully saturated rings. The number of aliphatic hydroxyl groups excluding tert-OH is 3. The number of ether oxygens (including phenoxy) is 3. The molecule has 3 heterocycles. The van der Waals surface area contributed by atoms with Gasteiger partial charge in [-0.15, -0.1) is 0 Å². The van der Waals surface area contributed by atoms with Crippen LogP contribution < -0.4 is 104 Å². The Labute approximate surface area is 349 Å². The molecule has 0 spiro atoms. The maximum Gasteiger partial charge on any atom is 1.00 e. The molecule has 5 N–H and O–H groups in total. The second-order valence-corrected chi connectivity index (χ2v) is 13.2. The maximum atomic E-state index is 12.3. The fourth-order valence-corrected chi connectivity index (χ4v) is 6.61. The molecular weight excluding hydrogens is 739 g/mol.